The van der Waals surface area contributed by atoms with Crippen LogP contribution in [0.1, 0.15) is 27.2 Å². The van der Waals surface area contributed by atoms with Crippen molar-refractivity contribution in [3.8, 4) is 0 Å². The zero-order valence-electron chi connectivity index (χ0n) is 11.5. The first-order chi connectivity index (χ1) is 9.03. The second-order valence-electron chi connectivity index (χ2n) is 5.58. The van der Waals surface area contributed by atoms with Gasteiger partial charge < -0.3 is 14.9 Å². The number of rotatable bonds is 2. The number of aliphatic carboxylic acids is 1. The molecule has 0 aromatic rings. The molecule has 1 rings (SSSR count). The standard InChI is InChI=1S/C12H17NO7/c1-12(2,3)20-10(17)7-4-6(14)5-13(11(18)19)8(7)9(15)16/h7-8H,4-5H2,1-3H3,(H,15,16)(H,18,19)/t7-,8-/m0/s1. The summed E-state index contributed by atoms with van der Waals surface area (Å²) in [5, 5.41) is 18.1. The number of ether oxygens (including phenoxy) is 1. The minimum Gasteiger partial charge on any atom is -0.480 e. The highest BCUT2D eigenvalue weighted by molar-refractivity contribution is 5.95. The summed E-state index contributed by atoms with van der Waals surface area (Å²) in [5.41, 5.74) is -0.852. The van der Waals surface area contributed by atoms with E-state index in [0.29, 0.717) is 4.90 Å². The van der Waals surface area contributed by atoms with Crippen LogP contribution >= 0.6 is 0 Å². The second kappa shape index (κ2) is 5.48. The molecule has 0 aromatic heterocycles. The fourth-order valence-electron chi connectivity index (χ4n) is 2.01. The Morgan fingerprint density at radius 2 is 1.80 bits per heavy atom. The zero-order chi connectivity index (χ0) is 15.7. The second-order valence-corrected chi connectivity index (χ2v) is 5.58. The Labute approximate surface area is 115 Å². The van der Waals surface area contributed by atoms with Gasteiger partial charge in [-0.3, -0.25) is 14.5 Å². The van der Waals surface area contributed by atoms with Crippen molar-refractivity contribution in [1.82, 2.24) is 4.90 Å². The van der Waals surface area contributed by atoms with Crippen LogP contribution in [0.25, 0.3) is 0 Å². The van der Waals surface area contributed by atoms with E-state index in [4.69, 9.17) is 14.9 Å². The van der Waals surface area contributed by atoms with Gasteiger partial charge in [0.2, 0.25) is 0 Å². The topological polar surface area (TPSA) is 121 Å². The van der Waals surface area contributed by atoms with Gasteiger partial charge in [-0.2, -0.15) is 0 Å². The molecule has 8 heteroatoms. The molecule has 1 aliphatic rings. The average Bonchev–Trinajstić information content (AvgIpc) is 2.24. The molecule has 0 bridgehead atoms. The van der Waals surface area contributed by atoms with Crippen LogP contribution < -0.4 is 0 Å². The van der Waals surface area contributed by atoms with Crippen LogP contribution in [0.5, 0.6) is 0 Å². The number of carboxylic acid groups (broad SMARTS) is 2. The number of hydrogen-bond acceptors (Lipinski definition) is 5. The van der Waals surface area contributed by atoms with E-state index < -0.39 is 47.9 Å². The van der Waals surface area contributed by atoms with Crippen LogP contribution in [-0.4, -0.2) is 57.1 Å². The van der Waals surface area contributed by atoms with Crippen molar-refractivity contribution in [1.29, 1.82) is 0 Å². The number of Topliss-reactive ketones (excluding diaryl/α,β-unsaturated/α-hetero) is 1. The van der Waals surface area contributed by atoms with Gasteiger partial charge in [-0.15, -0.1) is 0 Å². The SMILES string of the molecule is CC(C)(C)OC(=O)[C@H]1CC(=O)CN(C(=O)O)[C@@H]1C(=O)O. The Bertz CT molecular complexity index is 451. The number of carboxylic acids is 1. The number of carbonyl (C=O) groups is 4. The Hall–Kier alpha value is -2.12. The van der Waals surface area contributed by atoms with Crippen molar-refractivity contribution in [3.63, 3.8) is 0 Å². The number of amides is 1. The molecule has 1 heterocycles. The molecule has 2 N–H and O–H groups in total. The maximum Gasteiger partial charge on any atom is 0.408 e. The third-order valence-corrected chi connectivity index (χ3v) is 2.72. The van der Waals surface area contributed by atoms with Crippen molar-refractivity contribution >= 4 is 23.8 Å². The van der Waals surface area contributed by atoms with Crippen LogP contribution in [0.4, 0.5) is 4.79 Å². The van der Waals surface area contributed by atoms with Gasteiger partial charge in [0.15, 0.2) is 5.78 Å². The van der Waals surface area contributed by atoms with Gasteiger partial charge in [0, 0.05) is 6.42 Å². The minimum atomic E-state index is -1.61. The fourth-order valence-corrected chi connectivity index (χ4v) is 2.01. The lowest BCUT2D eigenvalue weighted by atomic mass is 9.88. The fraction of sp³-hybridized carbons (Fsp3) is 0.667. The summed E-state index contributed by atoms with van der Waals surface area (Å²) in [5.74, 6) is -4.20. The van der Waals surface area contributed by atoms with Gasteiger partial charge in [0.25, 0.3) is 0 Å². The quantitative estimate of drug-likeness (QED) is 0.703. The van der Waals surface area contributed by atoms with E-state index in [1.807, 2.05) is 0 Å². The Kier molecular flexibility index (Phi) is 4.36. The Morgan fingerprint density at radius 1 is 1.25 bits per heavy atom. The number of piperidine rings is 1. The summed E-state index contributed by atoms with van der Waals surface area (Å²) in [6.07, 6.45) is -1.89. The molecule has 0 unspecified atom stereocenters. The predicted molar refractivity (Wildman–Crippen MR) is 65.1 cm³/mol. The van der Waals surface area contributed by atoms with Gasteiger partial charge >= 0.3 is 18.0 Å². The minimum absolute atomic E-state index is 0.338. The number of nitrogens with zero attached hydrogens (tertiary/aromatic N) is 1. The molecule has 112 valence electrons. The van der Waals surface area contributed by atoms with Crippen molar-refractivity contribution in [2.75, 3.05) is 6.54 Å². The van der Waals surface area contributed by atoms with Crippen LogP contribution in [0, 0.1) is 5.92 Å². The summed E-state index contributed by atoms with van der Waals surface area (Å²) in [4.78, 5) is 46.2. The Balaban J connectivity index is 3.06. The molecular formula is C12H17NO7. The summed E-state index contributed by atoms with van der Waals surface area (Å²) in [7, 11) is 0. The van der Waals surface area contributed by atoms with E-state index in [1.165, 1.54) is 0 Å². The molecule has 1 aliphatic heterocycles. The maximum absolute atomic E-state index is 12.0. The lowest BCUT2D eigenvalue weighted by Gasteiger charge is -2.35. The van der Waals surface area contributed by atoms with E-state index in [-0.39, 0.29) is 6.42 Å². The van der Waals surface area contributed by atoms with E-state index in [1.54, 1.807) is 20.8 Å². The van der Waals surface area contributed by atoms with Crippen molar-refractivity contribution < 1.29 is 34.1 Å². The highest BCUT2D eigenvalue weighted by Crippen LogP contribution is 2.25. The lowest BCUT2D eigenvalue weighted by Crippen LogP contribution is -2.57. The summed E-state index contributed by atoms with van der Waals surface area (Å²) in [6, 6.07) is -1.61. The number of ketones is 1. The van der Waals surface area contributed by atoms with Gasteiger partial charge in [-0.05, 0) is 20.8 Å². The highest BCUT2D eigenvalue weighted by atomic mass is 16.6. The van der Waals surface area contributed by atoms with E-state index in [9.17, 15) is 19.2 Å². The first kappa shape index (κ1) is 15.9. The first-order valence-corrected chi connectivity index (χ1v) is 6.00. The highest BCUT2D eigenvalue weighted by Gasteiger charge is 2.47. The third kappa shape index (κ3) is 3.69. The normalized spacial score (nSPS) is 23.4. The summed E-state index contributed by atoms with van der Waals surface area (Å²) < 4.78 is 5.06. The molecule has 0 aromatic carbocycles. The van der Waals surface area contributed by atoms with Gasteiger partial charge in [-0.1, -0.05) is 0 Å². The first-order valence-electron chi connectivity index (χ1n) is 6.00. The van der Waals surface area contributed by atoms with Gasteiger partial charge in [-0.25, -0.2) is 9.59 Å². The molecule has 2 atom stereocenters. The molecule has 20 heavy (non-hydrogen) atoms. The smallest absolute Gasteiger partial charge is 0.408 e. The average molecular weight is 287 g/mol. The van der Waals surface area contributed by atoms with Gasteiger partial charge in [0.05, 0.1) is 12.5 Å². The van der Waals surface area contributed by atoms with Crippen molar-refractivity contribution in [2.45, 2.75) is 38.8 Å². The largest absolute Gasteiger partial charge is 0.480 e. The van der Waals surface area contributed by atoms with Crippen LogP contribution in [0.3, 0.4) is 0 Å². The van der Waals surface area contributed by atoms with Crippen LogP contribution in [-0.2, 0) is 19.1 Å². The van der Waals surface area contributed by atoms with Crippen molar-refractivity contribution in [3.05, 3.63) is 0 Å². The van der Waals surface area contributed by atoms with Crippen molar-refractivity contribution in [2.24, 2.45) is 5.92 Å². The summed E-state index contributed by atoms with van der Waals surface area (Å²) >= 11 is 0. The molecule has 0 radical (unpaired) electrons. The molecule has 0 aliphatic carbocycles. The Morgan fingerprint density at radius 3 is 2.20 bits per heavy atom. The number of esters is 1. The monoisotopic (exact) mass is 287 g/mol. The van der Waals surface area contributed by atoms with E-state index in [2.05, 4.69) is 0 Å². The van der Waals surface area contributed by atoms with Gasteiger partial charge in [0.1, 0.15) is 11.6 Å². The predicted octanol–water partition coefficient (Wildman–Crippen LogP) is 0.350. The summed E-state index contributed by atoms with van der Waals surface area (Å²) in [6.45, 7) is 4.26. The lowest BCUT2D eigenvalue weighted by molar-refractivity contribution is -0.170. The molecule has 1 saturated heterocycles. The number of likely N-dealkylation sites (tertiary alicyclic amines) is 1. The molecule has 1 fully saturated rings. The molecule has 8 nitrogen and oxygen atoms in total. The molecule has 1 amide bonds. The molecule has 0 spiro atoms. The third-order valence-electron chi connectivity index (χ3n) is 2.72. The number of hydrogen-bond donors (Lipinski definition) is 2. The number of carbonyl (C=O) groups excluding carboxylic acids is 2. The zero-order valence-corrected chi connectivity index (χ0v) is 11.5. The van der Waals surface area contributed by atoms with E-state index >= 15 is 0 Å². The molecule has 0 saturated carbocycles. The molecular weight excluding hydrogens is 270 g/mol. The maximum atomic E-state index is 12.0. The van der Waals surface area contributed by atoms with E-state index in [0.717, 1.165) is 0 Å². The van der Waals surface area contributed by atoms with Crippen LogP contribution in [0.2, 0.25) is 0 Å². The van der Waals surface area contributed by atoms with Crippen LogP contribution in [0.15, 0.2) is 0 Å².